The van der Waals surface area contributed by atoms with Crippen LogP contribution in [-0.4, -0.2) is 43.5 Å². The molecule has 0 aliphatic carbocycles. The molecule has 0 fully saturated rings. The Hall–Kier alpha value is -1.89. The lowest BCUT2D eigenvalue weighted by Crippen LogP contribution is -2.42. The summed E-state index contributed by atoms with van der Waals surface area (Å²) in [5.74, 6) is -1.66. The minimum atomic E-state index is -3.11. The monoisotopic (exact) mass is 313 g/mol. The van der Waals surface area contributed by atoms with Crippen LogP contribution in [0.25, 0.3) is 0 Å². The molecular formula is C14H19NO5S. The second-order valence-corrected chi connectivity index (χ2v) is 7.14. The molecule has 0 aliphatic rings. The van der Waals surface area contributed by atoms with E-state index in [1.165, 1.54) is 0 Å². The molecule has 6 nitrogen and oxygen atoms in total. The normalized spacial score (nSPS) is 12.6. The predicted molar refractivity (Wildman–Crippen MR) is 78.7 cm³/mol. The number of benzene rings is 1. The molecular weight excluding hydrogens is 294 g/mol. The Morgan fingerprint density at radius 3 is 2.38 bits per heavy atom. The van der Waals surface area contributed by atoms with Crippen molar-refractivity contribution in [3.63, 3.8) is 0 Å². The molecule has 1 amide bonds. The van der Waals surface area contributed by atoms with Gasteiger partial charge in [-0.25, -0.2) is 13.2 Å². The Kier molecular flexibility index (Phi) is 6.36. The van der Waals surface area contributed by atoms with Crippen LogP contribution in [0.3, 0.4) is 0 Å². The van der Waals surface area contributed by atoms with Crippen LogP contribution < -0.4 is 5.32 Å². The maximum atomic E-state index is 11.7. The van der Waals surface area contributed by atoms with Crippen LogP contribution in [0.4, 0.5) is 0 Å². The standard InChI is InChI=1S/C14H19NO5S/c1-21(19,20)9-5-8-13(16)15-12(14(17)18)10-11-6-3-2-4-7-11/h2-4,6-7,12H,5,8-10H2,1H3,(H,15,16)(H,17,18). The molecule has 1 atom stereocenters. The molecule has 116 valence electrons. The first-order valence-corrected chi connectivity index (χ1v) is 8.58. The fourth-order valence-electron chi connectivity index (χ4n) is 1.81. The highest BCUT2D eigenvalue weighted by atomic mass is 32.2. The lowest BCUT2D eigenvalue weighted by molar-refractivity contribution is -0.141. The lowest BCUT2D eigenvalue weighted by atomic mass is 10.1. The van der Waals surface area contributed by atoms with Gasteiger partial charge in [0.2, 0.25) is 5.91 Å². The molecule has 1 aromatic rings. The lowest BCUT2D eigenvalue weighted by Gasteiger charge is -2.14. The summed E-state index contributed by atoms with van der Waals surface area (Å²) in [7, 11) is -3.11. The number of carboxylic acids is 1. The highest BCUT2D eigenvalue weighted by Crippen LogP contribution is 2.04. The zero-order valence-corrected chi connectivity index (χ0v) is 12.6. The van der Waals surface area contributed by atoms with Gasteiger partial charge >= 0.3 is 5.97 Å². The quantitative estimate of drug-likeness (QED) is 0.733. The van der Waals surface area contributed by atoms with E-state index in [1.54, 1.807) is 24.3 Å². The van der Waals surface area contributed by atoms with E-state index in [0.29, 0.717) is 0 Å². The van der Waals surface area contributed by atoms with Gasteiger partial charge in [0.15, 0.2) is 0 Å². The molecule has 1 rings (SSSR count). The second kappa shape index (κ2) is 7.78. The summed E-state index contributed by atoms with van der Waals surface area (Å²) in [6.07, 6.45) is 1.46. The molecule has 7 heteroatoms. The van der Waals surface area contributed by atoms with Gasteiger partial charge in [0.25, 0.3) is 0 Å². The zero-order valence-electron chi connectivity index (χ0n) is 11.8. The second-order valence-electron chi connectivity index (χ2n) is 4.88. The van der Waals surface area contributed by atoms with E-state index in [4.69, 9.17) is 5.11 Å². The van der Waals surface area contributed by atoms with Crippen molar-refractivity contribution < 1.29 is 23.1 Å². The van der Waals surface area contributed by atoms with Crippen LogP contribution in [0.5, 0.6) is 0 Å². The van der Waals surface area contributed by atoms with Crippen LogP contribution in [-0.2, 0) is 25.8 Å². The van der Waals surface area contributed by atoms with E-state index < -0.39 is 27.8 Å². The van der Waals surface area contributed by atoms with Crippen LogP contribution in [0.1, 0.15) is 18.4 Å². The fraction of sp³-hybridized carbons (Fsp3) is 0.429. The highest BCUT2D eigenvalue weighted by molar-refractivity contribution is 7.90. The maximum Gasteiger partial charge on any atom is 0.326 e. The van der Waals surface area contributed by atoms with Crippen molar-refractivity contribution in [2.45, 2.75) is 25.3 Å². The number of hydrogen-bond donors (Lipinski definition) is 2. The van der Waals surface area contributed by atoms with E-state index >= 15 is 0 Å². The molecule has 0 aliphatic heterocycles. The SMILES string of the molecule is CS(=O)(=O)CCCC(=O)NC(Cc1ccccc1)C(=O)O. The first-order chi connectivity index (χ1) is 9.78. The maximum absolute atomic E-state index is 11.7. The Morgan fingerprint density at radius 2 is 1.86 bits per heavy atom. The number of nitrogens with one attached hydrogen (secondary N) is 1. The third kappa shape index (κ3) is 7.45. The van der Waals surface area contributed by atoms with Crippen molar-refractivity contribution >= 4 is 21.7 Å². The van der Waals surface area contributed by atoms with Crippen LogP contribution in [0.2, 0.25) is 0 Å². The van der Waals surface area contributed by atoms with E-state index in [2.05, 4.69) is 5.32 Å². The molecule has 0 bridgehead atoms. The highest BCUT2D eigenvalue weighted by Gasteiger charge is 2.20. The number of hydrogen-bond acceptors (Lipinski definition) is 4. The molecule has 0 radical (unpaired) electrons. The summed E-state index contributed by atoms with van der Waals surface area (Å²) in [6, 6.07) is 7.96. The smallest absolute Gasteiger partial charge is 0.326 e. The molecule has 21 heavy (non-hydrogen) atoms. The van der Waals surface area contributed by atoms with Gasteiger partial charge in [0, 0.05) is 19.1 Å². The van der Waals surface area contributed by atoms with E-state index in [1.807, 2.05) is 6.07 Å². The average Bonchev–Trinajstić information content (AvgIpc) is 2.37. The molecule has 0 saturated heterocycles. The molecule has 0 heterocycles. The summed E-state index contributed by atoms with van der Waals surface area (Å²) in [5.41, 5.74) is 0.807. The van der Waals surface area contributed by atoms with Gasteiger partial charge in [-0.3, -0.25) is 4.79 Å². The van der Waals surface area contributed by atoms with Crippen molar-refractivity contribution in [3.05, 3.63) is 35.9 Å². The Morgan fingerprint density at radius 1 is 1.24 bits per heavy atom. The molecule has 2 N–H and O–H groups in total. The molecule has 1 aromatic carbocycles. The largest absolute Gasteiger partial charge is 0.480 e. The van der Waals surface area contributed by atoms with Crippen molar-refractivity contribution in [2.24, 2.45) is 0 Å². The molecule has 0 spiro atoms. The number of rotatable bonds is 8. The Labute approximate surface area is 124 Å². The van der Waals surface area contributed by atoms with Gasteiger partial charge < -0.3 is 10.4 Å². The summed E-state index contributed by atoms with van der Waals surface area (Å²) in [4.78, 5) is 22.8. The molecule has 1 unspecified atom stereocenters. The zero-order chi connectivity index (χ0) is 15.9. The average molecular weight is 313 g/mol. The number of carboxylic acid groups (broad SMARTS) is 1. The van der Waals surface area contributed by atoms with Gasteiger partial charge in [-0.05, 0) is 12.0 Å². The first-order valence-electron chi connectivity index (χ1n) is 6.52. The topological polar surface area (TPSA) is 101 Å². The first kappa shape index (κ1) is 17.2. The van der Waals surface area contributed by atoms with E-state index in [0.717, 1.165) is 11.8 Å². The van der Waals surface area contributed by atoms with Gasteiger partial charge in [0.05, 0.1) is 5.75 Å². The van der Waals surface area contributed by atoms with Crippen molar-refractivity contribution in [3.8, 4) is 0 Å². The third-order valence-corrected chi connectivity index (χ3v) is 3.87. The predicted octanol–water partition coefficient (Wildman–Crippen LogP) is 0.623. The van der Waals surface area contributed by atoms with Crippen molar-refractivity contribution in [1.82, 2.24) is 5.32 Å². The number of carbonyl (C=O) groups is 2. The number of sulfone groups is 1. The summed E-state index contributed by atoms with van der Waals surface area (Å²) >= 11 is 0. The van der Waals surface area contributed by atoms with Gasteiger partial charge in [-0.2, -0.15) is 0 Å². The molecule has 0 aromatic heterocycles. The van der Waals surface area contributed by atoms with Gasteiger partial charge in [-0.1, -0.05) is 30.3 Å². The van der Waals surface area contributed by atoms with Crippen molar-refractivity contribution in [1.29, 1.82) is 0 Å². The van der Waals surface area contributed by atoms with Crippen LogP contribution >= 0.6 is 0 Å². The minimum Gasteiger partial charge on any atom is -0.480 e. The van der Waals surface area contributed by atoms with Gasteiger partial charge in [-0.15, -0.1) is 0 Å². The summed E-state index contributed by atoms with van der Waals surface area (Å²) in [6.45, 7) is 0. The number of aliphatic carboxylic acids is 1. The number of carbonyl (C=O) groups excluding carboxylic acids is 1. The number of amides is 1. The molecule has 0 saturated carbocycles. The summed E-state index contributed by atoms with van der Waals surface area (Å²) < 4.78 is 21.9. The van der Waals surface area contributed by atoms with E-state index in [9.17, 15) is 18.0 Å². The van der Waals surface area contributed by atoms with Crippen LogP contribution in [0, 0.1) is 0 Å². The minimum absolute atomic E-state index is 0.00829. The van der Waals surface area contributed by atoms with Crippen LogP contribution in [0.15, 0.2) is 30.3 Å². The third-order valence-electron chi connectivity index (χ3n) is 2.83. The fourth-order valence-corrected chi connectivity index (χ4v) is 2.48. The van der Waals surface area contributed by atoms with Crippen molar-refractivity contribution in [2.75, 3.05) is 12.0 Å². The van der Waals surface area contributed by atoms with E-state index in [-0.39, 0.29) is 25.0 Å². The summed E-state index contributed by atoms with van der Waals surface area (Å²) in [5, 5.41) is 11.5. The Bertz CT molecular complexity index is 583. The Balaban J connectivity index is 2.51. The van der Waals surface area contributed by atoms with Gasteiger partial charge in [0.1, 0.15) is 15.9 Å².